The van der Waals surface area contributed by atoms with Crippen LogP contribution in [0, 0.1) is 23.7 Å². The summed E-state index contributed by atoms with van der Waals surface area (Å²) in [5.41, 5.74) is 0. The van der Waals surface area contributed by atoms with Crippen molar-refractivity contribution in [3.8, 4) is 0 Å². The van der Waals surface area contributed by atoms with Crippen molar-refractivity contribution in [1.29, 1.82) is 0 Å². The molecule has 2 aliphatic rings. The van der Waals surface area contributed by atoms with E-state index in [4.69, 9.17) is 10.2 Å². The second kappa shape index (κ2) is 2.09. The molecule has 0 radical (unpaired) electrons. The molecule has 0 unspecified atom stereocenters. The molecule has 0 heterocycles. The maximum Gasteiger partial charge on any atom is 0.308 e. The van der Waals surface area contributed by atoms with Crippen LogP contribution in [0.25, 0.3) is 0 Å². The molecule has 4 atom stereocenters. The normalized spacial score (nSPS) is 42.3. The van der Waals surface area contributed by atoms with Crippen LogP contribution in [0.4, 0.5) is 0 Å². The minimum absolute atomic E-state index is 0.0244. The highest BCUT2D eigenvalue weighted by molar-refractivity contribution is 5.84. The second-order valence-electron chi connectivity index (χ2n) is 3.27. The third-order valence-corrected chi connectivity index (χ3v) is 2.79. The first-order valence-corrected chi connectivity index (χ1v) is 3.77. The maximum absolute atomic E-state index is 10.6. The molecular formula is C8H8O4. The van der Waals surface area contributed by atoms with Gasteiger partial charge in [-0.2, -0.15) is 0 Å². The van der Waals surface area contributed by atoms with Gasteiger partial charge < -0.3 is 10.2 Å². The molecule has 1 saturated carbocycles. The fourth-order valence-corrected chi connectivity index (χ4v) is 2.06. The predicted molar refractivity (Wildman–Crippen MR) is 38.4 cm³/mol. The molecule has 1 fully saturated rings. The standard InChI is InChI=1S/C8H8O4/c9-7(10)5-3-1-2-4(3)6(5)8(11)12/h1-6H,(H,9,10)(H,11,12)/t3-,4-,5-,6-/m1/s1. The molecule has 12 heavy (non-hydrogen) atoms. The van der Waals surface area contributed by atoms with Crippen molar-refractivity contribution in [2.75, 3.05) is 0 Å². The van der Waals surface area contributed by atoms with E-state index < -0.39 is 23.8 Å². The van der Waals surface area contributed by atoms with Gasteiger partial charge in [-0.05, 0) is 11.8 Å². The third kappa shape index (κ3) is 0.668. The molecule has 0 saturated heterocycles. The monoisotopic (exact) mass is 168 g/mol. The highest BCUT2D eigenvalue weighted by atomic mass is 16.4. The number of carbonyl (C=O) groups is 2. The molecule has 0 bridgehead atoms. The molecule has 0 aromatic rings. The Labute approximate surface area is 68.5 Å². The summed E-state index contributed by atoms with van der Waals surface area (Å²) >= 11 is 0. The van der Waals surface area contributed by atoms with Gasteiger partial charge in [-0.1, -0.05) is 12.2 Å². The van der Waals surface area contributed by atoms with E-state index >= 15 is 0 Å². The molecule has 0 aromatic heterocycles. The van der Waals surface area contributed by atoms with Crippen molar-refractivity contribution >= 4 is 11.9 Å². The van der Waals surface area contributed by atoms with Crippen molar-refractivity contribution in [3.05, 3.63) is 12.2 Å². The smallest absolute Gasteiger partial charge is 0.308 e. The summed E-state index contributed by atoms with van der Waals surface area (Å²) in [6.07, 6.45) is 3.56. The average Bonchev–Trinajstić information content (AvgIpc) is 1.91. The van der Waals surface area contributed by atoms with Gasteiger partial charge in [0.05, 0.1) is 11.8 Å². The summed E-state index contributed by atoms with van der Waals surface area (Å²) in [7, 11) is 0. The first-order chi connectivity index (χ1) is 5.63. The van der Waals surface area contributed by atoms with Crippen LogP contribution in [0.5, 0.6) is 0 Å². The molecule has 0 aliphatic heterocycles. The van der Waals surface area contributed by atoms with E-state index in [0.717, 1.165) is 0 Å². The number of rotatable bonds is 2. The SMILES string of the molecule is O=C(O)[C@@H]1[C@@H]2C=C[C@H]2[C@H]1C(=O)O. The Kier molecular flexibility index (Phi) is 1.28. The maximum atomic E-state index is 10.6. The molecular weight excluding hydrogens is 160 g/mol. The van der Waals surface area contributed by atoms with Gasteiger partial charge >= 0.3 is 11.9 Å². The highest BCUT2D eigenvalue weighted by Crippen LogP contribution is 2.53. The Morgan fingerprint density at radius 1 is 0.917 bits per heavy atom. The van der Waals surface area contributed by atoms with Gasteiger partial charge in [0, 0.05) is 0 Å². The second-order valence-corrected chi connectivity index (χ2v) is 3.27. The zero-order chi connectivity index (χ0) is 8.88. The summed E-state index contributed by atoms with van der Waals surface area (Å²) < 4.78 is 0. The quantitative estimate of drug-likeness (QED) is 0.578. The van der Waals surface area contributed by atoms with Gasteiger partial charge in [-0.25, -0.2) is 0 Å². The summed E-state index contributed by atoms with van der Waals surface area (Å²) in [4.78, 5) is 21.2. The lowest BCUT2D eigenvalue weighted by Gasteiger charge is -2.50. The zero-order valence-electron chi connectivity index (χ0n) is 6.18. The molecule has 4 heteroatoms. The number of carboxylic acid groups (broad SMARTS) is 2. The lowest BCUT2D eigenvalue weighted by atomic mass is 9.51. The van der Waals surface area contributed by atoms with Gasteiger partial charge in [-0.15, -0.1) is 0 Å². The highest BCUT2D eigenvalue weighted by Gasteiger charge is 2.58. The van der Waals surface area contributed by atoms with Crippen LogP contribution in [-0.2, 0) is 9.59 Å². The average molecular weight is 168 g/mol. The number of hydrogen-bond acceptors (Lipinski definition) is 2. The fourth-order valence-electron chi connectivity index (χ4n) is 2.06. The molecule has 2 rings (SSSR count). The number of hydrogen-bond donors (Lipinski definition) is 2. The van der Waals surface area contributed by atoms with Crippen molar-refractivity contribution in [1.82, 2.24) is 0 Å². The van der Waals surface area contributed by atoms with Crippen molar-refractivity contribution < 1.29 is 19.8 Å². The molecule has 0 spiro atoms. The molecule has 4 nitrogen and oxygen atoms in total. The van der Waals surface area contributed by atoms with Crippen LogP contribution in [0.1, 0.15) is 0 Å². The number of fused-ring (bicyclic) bond motifs is 1. The first kappa shape index (κ1) is 7.34. The Bertz CT molecular complexity index is 253. The van der Waals surface area contributed by atoms with Crippen molar-refractivity contribution in [2.24, 2.45) is 23.7 Å². The zero-order valence-corrected chi connectivity index (χ0v) is 6.18. The van der Waals surface area contributed by atoms with E-state index in [9.17, 15) is 9.59 Å². The Morgan fingerprint density at radius 2 is 1.25 bits per heavy atom. The summed E-state index contributed by atoms with van der Waals surface area (Å²) in [5.74, 6) is -3.43. The lowest BCUT2D eigenvalue weighted by Crippen LogP contribution is -2.56. The third-order valence-electron chi connectivity index (χ3n) is 2.79. The van der Waals surface area contributed by atoms with Crippen LogP contribution in [0.3, 0.4) is 0 Å². The minimum atomic E-state index is -0.993. The van der Waals surface area contributed by atoms with Crippen LogP contribution in [0.2, 0.25) is 0 Å². The van der Waals surface area contributed by atoms with Gasteiger partial charge in [0.2, 0.25) is 0 Å². The fraction of sp³-hybridized carbons (Fsp3) is 0.500. The Balaban J connectivity index is 2.19. The molecule has 0 aromatic carbocycles. The number of carboxylic acids is 2. The van der Waals surface area contributed by atoms with E-state index in [1.54, 1.807) is 12.2 Å². The molecule has 2 N–H and O–H groups in total. The van der Waals surface area contributed by atoms with Crippen LogP contribution < -0.4 is 0 Å². The van der Waals surface area contributed by atoms with Gasteiger partial charge in [0.1, 0.15) is 0 Å². The van der Waals surface area contributed by atoms with Gasteiger partial charge in [-0.3, -0.25) is 9.59 Å². The lowest BCUT2D eigenvalue weighted by molar-refractivity contribution is -0.170. The topological polar surface area (TPSA) is 74.6 Å². The molecule has 2 aliphatic carbocycles. The van der Waals surface area contributed by atoms with E-state index in [1.807, 2.05) is 0 Å². The first-order valence-electron chi connectivity index (χ1n) is 3.77. The largest absolute Gasteiger partial charge is 0.481 e. The van der Waals surface area contributed by atoms with E-state index in [1.165, 1.54) is 0 Å². The molecule has 64 valence electrons. The summed E-state index contributed by atoms with van der Waals surface area (Å²) in [6.45, 7) is 0. The van der Waals surface area contributed by atoms with Gasteiger partial charge in [0.15, 0.2) is 0 Å². The summed E-state index contributed by atoms with van der Waals surface area (Å²) in [5, 5.41) is 17.4. The van der Waals surface area contributed by atoms with Crippen LogP contribution in [-0.4, -0.2) is 22.2 Å². The van der Waals surface area contributed by atoms with Crippen LogP contribution >= 0.6 is 0 Å². The predicted octanol–water partition coefficient (Wildman–Crippen LogP) is 0.204. The van der Waals surface area contributed by atoms with Crippen molar-refractivity contribution in [2.45, 2.75) is 0 Å². The molecule has 0 amide bonds. The van der Waals surface area contributed by atoms with E-state index in [0.29, 0.717) is 0 Å². The Morgan fingerprint density at radius 3 is 1.42 bits per heavy atom. The minimum Gasteiger partial charge on any atom is -0.481 e. The summed E-state index contributed by atoms with van der Waals surface area (Å²) in [6, 6.07) is 0. The number of aliphatic carboxylic acids is 2. The van der Waals surface area contributed by atoms with E-state index in [2.05, 4.69) is 0 Å². The van der Waals surface area contributed by atoms with Crippen LogP contribution in [0.15, 0.2) is 12.2 Å². The van der Waals surface area contributed by atoms with Crippen molar-refractivity contribution in [3.63, 3.8) is 0 Å². The van der Waals surface area contributed by atoms with Gasteiger partial charge in [0.25, 0.3) is 0 Å². The van der Waals surface area contributed by atoms with E-state index in [-0.39, 0.29) is 11.8 Å². The Hall–Kier alpha value is -1.32. The number of allylic oxidation sites excluding steroid dienone is 2.